The highest BCUT2D eigenvalue weighted by Crippen LogP contribution is 1.81. The fraction of sp³-hybridized carbons (Fsp3) is 0. The Balaban J connectivity index is 0. The molecule has 2 amide bonds. The molecule has 0 unspecified atom stereocenters. The summed E-state index contributed by atoms with van der Waals surface area (Å²) in [6.07, 6.45) is 0. The van der Waals surface area contributed by atoms with Crippen LogP contribution in [0.25, 0.3) is 0 Å². The second-order valence-electron chi connectivity index (χ2n) is 0.956. The number of carbonyl (C=O) groups excluding carboxylic acids is 1. The van der Waals surface area contributed by atoms with E-state index in [0.29, 0.717) is 0 Å². The van der Waals surface area contributed by atoms with E-state index in [9.17, 15) is 4.79 Å². The van der Waals surface area contributed by atoms with Crippen molar-refractivity contribution in [1.29, 1.82) is 0 Å². The Morgan fingerprint density at radius 2 is 1.70 bits per heavy atom. The van der Waals surface area contributed by atoms with Crippen molar-refractivity contribution in [3.8, 4) is 0 Å². The van der Waals surface area contributed by atoms with E-state index in [0.717, 1.165) is 0 Å². The summed E-state index contributed by atoms with van der Waals surface area (Å²) in [6.45, 7) is 0. The number of hydrogen-bond donors (Lipinski definition) is 5. The average Bonchev–Trinajstić information content (AvgIpc) is 1.61. The molecule has 0 atom stereocenters. The number of primary amides is 1. The van der Waals surface area contributed by atoms with Gasteiger partial charge in [-0.3, -0.25) is 9.98 Å². The monoisotopic (exact) mass is 189 g/mol. The molecule has 0 radical (unpaired) electrons. The van der Waals surface area contributed by atoms with Crippen LogP contribution in [0.5, 0.6) is 0 Å². The molecule has 0 rings (SSSR count). The Kier molecular flexibility index (Phi) is 6.45. The zero-order valence-electron chi connectivity index (χ0n) is 4.68. The SMILES string of the molecule is NNC(N)=O.O=S(=O)(O)S. The second kappa shape index (κ2) is 5.29. The van der Waals surface area contributed by atoms with Crippen molar-refractivity contribution in [2.75, 3.05) is 0 Å². The summed E-state index contributed by atoms with van der Waals surface area (Å²) in [5.74, 6) is 4.45. The summed E-state index contributed by atoms with van der Waals surface area (Å²) in [4.78, 5) is 9.35. The molecule has 7 nitrogen and oxygen atoms in total. The highest BCUT2D eigenvalue weighted by Gasteiger charge is 1.83. The van der Waals surface area contributed by atoms with Crippen molar-refractivity contribution in [3.63, 3.8) is 0 Å². The molecule has 0 saturated heterocycles. The first kappa shape index (κ1) is 12.2. The lowest BCUT2D eigenvalue weighted by molar-refractivity contribution is 0.249. The van der Waals surface area contributed by atoms with Crippen molar-refractivity contribution in [2.45, 2.75) is 0 Å². The summed E-state index contributed by atoms with van der Waals surface area (Å²) in [6, 6.07) is -0.718. The summed E-state index contributed by atoms with van der Waals surface area (Å²) in [5, 5.41) is 0. The topological polar surface area (TPSA) is 136 Å². The zero-order chi connectivity index (χ0) is 8.78. The molecule has 0 aliphatic carbocycles. The van der Waals surface area contributed by atoms with Gasteiger partial charge in [-0.15, -0.1) is 0 Å². The van der Waals surface area contributed by atoms with Gasteiger partial charge in [0, 0.05) is 0 Å². The Hall–Kier alpha value is -0.510. The number of nitrogens with one attached hydrogen (secondary N) is 1. The van der Waals surface area contributed by atoms with Crippen LogP contribution in [0.2, 0.25) is 0 Å². The van der Waals surface area contributed by atoms with Gasteiger partial charge >= 0.3 is 15.2 Å². The van der Waals surface area contributed by atoms with Gasteiger partial charge < -0.3 is 5.73 Å². The van der Waals surface area contributed by atoms with Crippen molar-refractivity contribution >= 4 is 26.8 Å². The van der Waals surface area contributed by atoms with Crippen LogP contribution in [0.15, 0.2) is 0 Å². The van der Waals surface area contributed by atoms with Crippen molar-refractivity contribution < 1.29 is 17.8 Å². The summed E-state index contributed by atoms with van der Waals surface area (Å²) in [5.41, 5.74) is 6.08. The fourth-order valence-corrected chi connectivity index (χ4v) is 0. The predicted molar refractivity (Wildman–Crippen MR) is 37.4 cm³/mol. The lowest BCUT2D eigenvalue weighted by Crippen LogP contribution is -2.34. The van der Waals surface area contributed by atoms with Crippen LogP contribution in [0.1, 0.15) is 0 Å². The summed E-state index contributed by atoms with van der Waals surface area (Å²) in [7, 11) is -3.97. The Labute approximate surface area is 62.3 Å². The van der Waals surface area contributed by atoms with Gasteiger partial charge in [0.1, 0.15) is 0 Å². The molecule has 0 aromatic heterocycles. The molecule has 0 spiro atoms. The normalized spacial score (nSPS) is 9.10. The maximum Gasteiger partial charge on any atom is 0.326 e. The first-order valence-corrected chi connectivity index (χ1v) is 4.22. The van der Waals surface area contributed by atoms with Gasteiger partial charge in [-0.1, -0.05) is 0 Å². The van der Waals surface area contributed by atoms with Crippen LogP contribution in [0.4, 0.5) is 4.79 Å². The molecule has 62 valence electrons. The van der Waals surface area contributed by atoms with Crippen molar-refractivity contribution in [3.05, 3.63) is 0 Å². The molecule has 0 aliphatic rings. The summed E-state index contributed by atoms with van der Waals surface area (Å²) >= 11 is 2.65. The van der Waals surface area contributed by atoms with Crippen molar-refractivity contribution in [2.24, 2.45) is 11.6 Å². The minimum atomic E-state index is -3.97. The summed E-state index contributed by atoms with van der Waals surface area (Å²) < 4.78 is 25.5. The van der Waals surface area contributed by atoms with Crippen LogP contribution >= 0.6 is 11.7 Å². The first-order valence-electron chi connectivity index (χ1n) is 1.73. The quantitative estimate of drug-likeness (QED) is 0.0768. The maximum atomic E-state index is 9.35. The van der Waals surface area contributed by atoms with E-state index in [4.69, 9.17) is 13.0 Å². The van der Waals surface area contributed by atoms with Crippen LogP contribution in [0.3, 0.4) is 0 Å². The van der Waals surface area contributed by atoms with Gasteiger partial charge in [-0.2, -0.15) is 8.42 Å². The minimum absolute atomic E-state index is 0.718. The van der Waals surface area contributed by atoms with E-state index in [1.54, 1.807) is 5.43 Å². The lowest BCUT2D eigenvalue weighted by atomic mass is 11.2. The van der Waals surface area contributed by atoms with E-state index in [1.807, 2.05) is 0 Å². The van der Waals surface area contributed by atoms with Gasteiger partial charge in [0.15, 0.2) is 0 Å². The van der Waals surface area contributed by atoms with Gasteiger partial charge in [0.25, 0.3) is 0 Å². The molecule has 6 N–H and O–H groups in total. The maximum absolute atomic E-state index is 9.35. The Bertz CT molecular complexity index is 177. The third-order valence-electron chi connectivity index (χ3n) is 0.142. The molecule has 10 heavy (non-hydrogen) atoms. The number of carbonyl (C=O) groups is 1. The number of nitrogens with two attached hydrogens (primary N) is 2. The number of urea groups is 1. The third-order valence-corrected chi connectivity index (χ3v) is 0.142. The van der Waals surface area contributed by atoms with E-state index in [1.165, 1.54) is 0 Å². The number of hydrogen-bond acceptors (Lipinski definition) is 4. The molecular weight excluding hydrogens is 182 g/mol. The number of amides is 2. The predicted octanol–water partition coefficient (Wildman–Crippen LogP) is -1.75. The Morgan fingerprint density at radius 3 is 1.70 bits per heavy atom. The van der Waals surface area contributed by atoms with Gasteiger partial charge in [0.05, 0.1) is 0 Å². The average molecular weight is 189 g/mol. The largest absolute Gasteiger partial charge is 0.351 e. The van der Waals surface area contributed by atoms with E-state index < -0.39 is 15.2 Å². The van der Waals surface area contributed by atoms with Crippen LogP contribution in [-0.2, 0) is 9.15 Å². The van der Waals surface area contributed by atoms with Crippen LogP contribution < -0.4 is 17.0 Å². The molecule has 0 bridgehead atoms. The molecule has 0 saturated carbocycles. The molecular formula is CH7N3O4S2. The van der Waals surface area contributed by atoms with Gasteiger partial charge in [-0.05, 0) is 11.7 Å². The molecule has 9 heteroatoms. The number of thiol groups is 1. The molecule has 0 aromatic rings. The van der Waals surface area contributed by atoms with Gasteiger partial charge in [-0.25, -0.2) is 10.6 Å². The molecule has 0 aromatic carbocycles. The Morgan fingerprint density at radius 1 is 1.60 bits per heavy atom. The molecule has 0 aliphatic heterocycles. The van der Waals surface area contributed by atoms with Gasteiger partial charge in [0.2, 0.25) is 0 Å². The number of rotatable bonds is 0. The standard InChI is InChI=1S/CH5N3O.H2O3S2/c2-1(5)4-3;1-5(2,3)4/h3H2,(H3,2,4,5);(H2,1,2,3,4). The number of hydrazine groups is 1. The fourth-order valence-electron chi connectivity index (χ4n) is 0. The van der Waals surface area contributed by atoms with E-state index in [-0.39, 0.29) is 0 Å². The third kappa shape index (κ3) is 142. The van der Waals surface area contributed by atoms with Crippen molar-refractivity contribution in [1.82, 2.24) is 5.43 Å². The second-order valence-corrected chi connectivity index (χ2v) is 3.24. The minimum Gasteiger partial charge on any atom is -0.351 e. The first-order chi connectivity index (χ1) is 4.27. The van der Waals surface area contributed by atoms with Crippen LogP contribution in [0, 0.1) is 0 Å². The lowest BCUT2D eigenvalue weighted by Gasteiger charge is -1.81. The smallest absolute Gasteiger partial charge is 0.326 e. The zero-order valence-corrected chi connectivity index (χ0v) is 6.39. The van der Waals surface area contributed by atoms with Crippen LogP contribution in [-0.4, -0.2) is 19.0 Å². The van der Waals surface area contributed by atoms with E-state index >= 15 is 0 Å². The highest BCUT2D eigenvalue weighted by atomic mass is 33.1. The van der Waals surface area contributed by atoms with E-state index in [2.05, 4.69) is 23.2 Å². The molecule has 0 heterocycles. The highest BCUT2D eigenvalue weighted by molar-refractivity contribution is 8.61. The molecule has 0 fully saturated rings.